The van der Waals surface area contributed by atoms with Crippen molar-refractivity contribution >= 4 is 17.7 Å². The fourth-order valence-corrected chi connectivity index (χ4v) is 2.63. The summed E-state index contributed by atoms with van der Waals surface area (Å²) in [5, 5.41) is 2.87. The molecule has 0 heterocycles. The Balaban J connectivity index is 1.76. The third kappa shape index (κ3) is 6.26. The number of ether oxygens (including phenoxy) is 1. The molecule has 0 saturated carbocycles. The maximum atomic E-state index is 11.9. The van der Waals surface area contributed by atoms with E-state index in [4.69, 9.17) is 10.5 Å². The summed E-state index contributed by atoms with van der Waals surface area (Å²) in [5.74, 6) is 1.60. The van der Waals surface area contributed by atoms with Crippen LogP contribution >= 0.6 is 11.8 Å². The van der Waals surface area contributed by atoms with Crippen molar-refractivity contribution in [1.82, 2.24) is 5.32 Å². The summed E-state index contributed by atoms with van der Waals surface area (Å²) in [6.07, 6.45) is 2.70. The molecular formula is C19H24N2O2S. The van der Waals surface area contributed by atoms with Gasteiger partial charge in [0.1, 0.15) is 12.4 Å². The maximum absolute atomic E-state index is 11.9. The van der Waals surface area contributed by atoms with Gasteiger partial charge in [-0.05, 0) is 41.7 Å². The summed E-state index contributed by atoms with van der Waals surface area (Å²) < 4.78 is 5.75. The average molecular weight is 344 g/mol. The average Bonchev–Trinajstić information content (AvgIpc) is 2.64. The first kappa shape index (κ1) is 18.4. The fraction of sp³-hybridized carbons (Fsp3) is 0.316. The monoisotopic (exact) mass is 344 g/mol. The van der Waals surface area contributed by atoms with Crippen molar-refractivity contribution in [3.8, 4) is 5.75 Å². The smallest absolute Gasteiger partial charge is 0.237 e. The molecule has 2 aromatic rings. The topological polar surface area (TPSA) is 64.4 Å². The van der Waals surface area contributed by atoms with Gasteiger partial charge in [-0.25, -0.2) is 0 Å². The predicted octanol–water partition coefficient (Wildman–Crippen LogP) is 2.96. The Labute approximate surface area is 147 Å². The van der Waals surface area contributed by atoms with E-state index in [9.17, 15) is 4.79 Å². The second kappa shape index (κ2) is 10.0. The van der Waals surface area contributed by atoms with E-state index in [0.29, 0.717) is 19.6 Å². The van der Waals surface area contributed by atoms with E-state index in [1.54, 1.807) is 11.8 Å². The highest BCUT2D eigenvalue weighted by Gasteiger charge is 2.12. The number of nitrogens with one attached hydrogen (secondary N) is 1. The Kier molecular flexibility index (Phi) is 7.65. The summed E-state index contributed by atoms with van der Waals surface area (Å²) >= 11 is 1.69. The SMILES string of the molecule is CSCC[C@H](N)C(=O)NCc1ccc(OCc2ccccc2)cc1. The quantitative estimate of drug-likeness (QED) is 0.734. The van der Waals surface area contributed by atoms with Crippen LogP contribution in [0.5, 0.6) is 5.75 Å². The van der Waals surface area contributed by atoms with Crippen molar-refractivity contribution in [1.29, 1.82) is 0 Å². The lowest BCUT2D eigenvalue weighted by Crippen LogP contribution is -2.40. The maximum Gasteiger partial charge on any atom is 0.237 e. The molecule has 0 bridgehead atoms. The Morgan fingerprint density at radius 1 is 1.12 bits per heavy atom. The highest BCUT2D eigenvalue weighted by Crippen LogP contribution is 2.14. The van der Waals surface area contributed by atoms with Crippen molar-refractivity contribution in [3.63, 3.8) is 0 Å². The molecule has 0 unspecified atom stereocenters. The number of carbonyl (C=O) groups excluding carboxylic acids is 1. The number of carbonyl (C=O) groups is 1. The molecule has 0 aliphatic carbocycles. The van der Waals surface area contributed by atoms with Gasteiger partial charge in [0.25, 0.3) is 0 Å². The van der Waals surface area contributed by atoms with Crippen LogP contribution < -0.4 is 15.8 Å². The Morgan fingerprint density at radius 3 is 2.50 bits per heavy atom. The number of benzene rings is 2. The zero-order valence-electron chi connectivity index (χ0n) is 13.9. The van der Waals surface area contributed by atoms with E-state index in [1.807, 2.05) is 60.9 Å². The van der Waals surface area contributed by atoms with Gasteiger partial charge in [-0.3, -0.25) is 4.79 Å². The standard InChI is InChI=1S/C19H24N2O2S/c1-24-12-11-18(20)19(22)21-13-15-7-9-17(10-8-15)23-14-16-5-3-2-4-6-16/h2-10,18H,11-14,20H2,1H3,(H,21,22)/t18-/m0/s1. The summed E-state index contributed by atoms with van der Waals surface area (Å²) in [5.41, 5.74) is 7.99. The number of thioether (sulfide) groups is 1. The zero-order valence-corrected chi connectivity index (χ0v) is 14.7. The number of nitrogens with two attached hydrogens (primary N) is 1. The molecular weight excluding hydrogens is 320 g/mol. The number of rotatable bonds is 9. The first-order valence-electron chi connectivity index (χ1n) is 7.97. The largest absolute Gasteiger partial charge is 0.489 e. The zero-order chi connectivity index (χ0) is 17.2. The van der Waals surface area contributed by atoms with Gasteiger partial charge >= 0.3 is 0 Å². The minimum absolute atomic E-state index is 0.103. The molecule has 1 amide bonds. The molecule has 0 aromatic heterocycles. The Morgan fingerprint density at radius 2 is 1.83 bits per heavy atom. The molecule has 2 aromatic carbocycles. The van der Waals surface area contributed by atoms with Crippen molar-refractivity contribution < 1.29 is 9.53 Å². The van der Waals surface area contributed by atoms with Crippen LogP contribution in [0.3, 0.4) is 0 Å². The third-order valence-electron chi connectivity index (χ3n) is 3.61. The van der Waals surface area contributed by atoms with Crippen LogP contribution in [0.25, 0.3) is 0 Å². The molecule has 0 fully saturated rings. The molecule has 3 N–H and O–H groups in total. The molecule has 0 spiro atoms. The number of amides is 1. The summed E-state index contributed by atoms with van der Waals surface area (Å²) in [6, 6.07) is 17.3. The lowest BCUT2D eigenvalue weighted by Gasteiger charge is -2.12. The highest BCUT2D eigenvalue weighted by molar-refractivity contribution is 7.98. The van der Waals surface area contributed by atoms with E-state index in [1.165, 1.54) is 0 Å². The number of hydrogen-bond donors (Lipinski definition) is 2. The van der Waals surface area contributed by atoms with Gasteiger partial charge in [-0.1, -0.05) is 42.5 Å². The predicted molar refractivity (Wildman–Crippen MR) is 100 cm³/mol. The van der Waals surface area contributed by atoms with Crippen molar-refractivity contribution in [2.24, 2.45) is 5.73 Å². The molecule has 0 radical (unpaired) electrons. The van der Waals surface area contributed by atoms with Gasteiger partial charge in [-0.15, -0.1) is 0 Å². The molecule has 128 valence electrons. The van der Waals surface area contributed by atoms with Crippen molar-refractivity contribution in [3.05, 3.63) is 65.7 Å². The Hall–Kier alpha value is -1.98. The van der Waals surface area contributed by atoms with Crippen LogP contribution in [0.4, 0.5) is 0 Å². The summed E-state index contributed by atoms with van der Waals surface area (Å²) in [4.78, 5) is 11.9. The fourth-order valence-electron chi connectivity index (χ4n) is 2.14. The van der Waals surface area contributed by atoms with Crippen LogP contribution in [-0.2, 0) is 17.9 Å². The van der Waals surface area contributed by atoms with E-state index in [2.05, 4.69) is 5.32 Å². The van der Waals surface area contributed by atoms with Crippen LogP contribution in [0.1, 0.15) is 17.5 Å². The van der Waals surface area contributed by atoms with Gasteiger partial charge in [0.15, 0.2) is 0 Å². The van der Waals surface area contributed by atoms with Crippen LogP contribution in [-0.4, -0.2) is 24.0 Å². The minimum atomic E-state index is -0.439. The molecule has 0 aliphatic rings. The minimum Gasteiger partial charge on any atom is -0.489 e. The lowest BCUT2D eigenvalue weighted by molar-refractivity contribution is -0.122. The van der Waals surface area contributed by atoms with Gasteiger partial charge < -0.3 is 15.8 Å². The van der Waals surface area contributed by atoms with Crippen molar-refractivity contribution in [2.45, 2.75) is 25.6 Å². The van der Waals surface area contributed by atoms with Gasteiger partial charge in [0.2, 0.25) is 5.91 Å². The molecule has 5 heteroatoms. The summed E-state index contributed by atoms with van der Waals surface area (Å²) in [7, 11) is 0. The van der Waals surface area contributed by atoms with Gasteiger partial charge in [0.05, 0.1) is 6.04 Å². The third-order valence-corrected chi connectivity index (χ3v) is 4.25. The van der Waals surface area contributed by atoms with Crippen molar-refractivity contribution in [2.75, 3.05) is 12.0 Å². The van der Waals surface area contributed by atoms with Crippen LogP contribution in [0.15, 0.2) is 54.6 Å². The van der Waals surface area contributed by atoms with E-state index < -0.39 is 6.04 Å². The Bertz CT molecular complexity index is 617. The second-order valence-electron chi connectivity index (χ2n) is 5.52. The molecule has 2 rings (SSSR count). The highest BCUT2D eigenvalue weighted by atomic mass is 32.2. The molecule has 0 saturated heterocycles. The van der Waals surface area contributed by atoms with Crippen LogP contribution in [0.2, 0.25) is 0 Å². The molecule has 24 heavy (non-hydrogen) atoms. The van der Waals surface area contributed by atoms with Gasteiger partial charge in [-0.2, -0.15) is 11.8 Å². The van der Waals surface area contributed by atoms with E-state index >= 15 is 0 Å². The molecule has 1 atom stereocenters. The first-order valence-corrected chi connectivity index (χ1v) is 9.36. The molecule has 0 aliphatic heterocycles. The first-order chi connectivity index (χ1) is 11.7. The second-order valence-corrected chi connectivity index (χ2v) is 6.51. The summed E-state index contributed by atoms with van der Waals surface area (Å²) in [6.45, 7) is 1.02. The molecule has 4 nitrogen and oxygen atoms in total. The van der Waals surface area contributed by atoms with Gasteiger partial charge in [0, 0.05) is 6.54 Å². The number of hydrogen-bond acceptors (Lipinski definition) is 4. The van der Waals surface area contributed by atoms with E-state index in [-0.39, 0.29) is 5.91 Å². The normalized spacial score (nSPS) is 11.8. The lowest BCUT2D eigenvalue weighted by atomic mass is 10.2. The van der Waals surface area contributed by atoms with Crippen LogP contribution in [0, 0.1) is 0 Å². The van der Waals surface area contributed by atoms with E-state index in [0.717, 1.165) is 22.6 Å².